The summed E-state index contributed by atoms with van der Waals surface area (Å²) in [6, 6.07) is 9.64. The maximum Gasteiger partial charge on any atom is 0.223 e. The van der Waals surface area contributed by atoms with Crippen molar-refractivity contribution in [3.63, 3.8) is 0 Å². The molecule has 2 aliphatic heterocycles. The highest BCUT2D eigenvalue weighted by Gasteiger charge is 2.27. The molecule has 1 amide bonds. The van der Waals surface area contributed by atoms with Crippen LogP contribution >= 0.6 is 0 Å². The molecule has 2 aliphatic rings. The number of hydrogen-bond donors (Lipinski definition) is 0. The number of Topliss-reactive ketones (excluding diaryl/α,β-unsaturated/α-hetero) is 1. The van der Waals surface area contributed by atoms with Gasteiger partial charge in [-0.15, -0.1) is 0 Å². The summed E-state index contributed by atoms with van der Waals surface area (Å²) in [6.07, 6.45) is 5.10. The van der Waals surface area contributed by atoms with E-state index >= 15 is 0 Å². The Labute approximate surface area is 163 Å². The normalized spacial score (nSPS) is 22.0. The molecule has 0 saturated carbocycles. The molecule has 2 heterocycles. The van der Waals surface area contributed by atoms with E-state index < -0.39 is 0 Å². The van der Waals surface area contributed by atoms with Gasteiger partial charge in [-0.25, -0.2) is 0 Å². The van der Waals surface area contributed by atoms with Gasteiger partial charge in [0.2, 0.25) is 5.91 Å². The van der Waals surface area contributed by atoms with Crippen molar-refractivity contribution in [2.45, 2.75) is 44.6 Å². The van der Waals surface area contributed by atoms with Gasteiger partial charge >= 0.3 is 0 Å². The van der Waals surface area contributed by atoms with E-state index in [4.69, 9.17) is 0 Å². The number of hydrogen-bond acceptors (Lipinski definition) is 4. The summed E-state index contributed by atoms with van der Waals surface area (Å²) < 4.78 is 0. The number of benzene rings is 1. The topological polar surface area (TPSA) is 43.9 Å². The van der Waals surface area contributed by atoms with Crippen molar-refractivity contribution < 1.29 is 9.59 Å². The second kappa shape index (κ2) is 10.00. The van der Waals surface area contributed by atoms with Gasteiger partial charge in [0, 0.05) is 63.7 Å². The van der Waals surface area contributed by atoms with Crippen LogP contribution in [0.25, 0.3) is 0 Å². The lowest BCUT2D eigenvalue weighted by atomic mass is 9.97. The number of nitrogens with zero attached hydrogens (tertiary/aromatic N) is 3. The van der Waals surface area contributed by atoms with Crippen molar-refractivity contribution in [1.29, 1.82) is 0 Å². The van der Waals surface area contributed by atoms with Gasteiger partial charge in [0.15, 0.2) is 5.78 Å². The van der Waals surface area contributed by atoms with Gasteiger partial charge in [-0.3, -0.25) is 9.59 Å². The first-order valence-electron chi connectivity index (χ1n) is 10.4. The summed E-state index contributed by atoms with van der Waals surface area (Å²) in [5.41, 5.74) is 0.704. The summed E-state index contributed by atoms with van der Waals surface area (Å²) in [5.74, 6) is 0.220. The molecule has 5 nitrogen and oxygen atoms in total. The fraction of sp³-hybridized carbons (Fsp3) is 0.636. The Hall–Kier alpha value is -1.72. The van der Waals surface area contributed by atoms with E-state index in [1.54, 1.807) is 0 Å². The molecule has 0 aliphatic carbocycles. The van der Waals surface area contributed by atoms with Crippen molar-refractivity contribution in [1.82, 2.24) is 14.7 Å². The summed E-state index contributed by atoms with van der Waals surface area (Å²) in [6.45, 7) is 6.45. The first-order valence-corrected chi connectivity index (χ1v) is 10.4. The van der Waals surface area contributed by atoms with Crippen LogP contribution in [0.4, 0.5) is 0 Å². The van der Waals surface area contributed by atoms with Crippen LogP contribution in [0, 0.1) is 0 Å². The van der Waals surface area contributed by atoms with E-state index in [9.17, 15) is 9.59 Å². The van der Waals surface area contributed by atoms with Crippen molar-refractivity contribution in [3.05, 3.63) is 35.9 Å². The monoisotopic (exact) mass is 371 g/mol. The first kappa shape index (κ1) is 20.0. The molecular weight excluding hydrogens is 338 g/mol. The lowest BCUT2D eigenvalue weighted by Crippen LogP contribution is -2.48. The molecule has 5 heteroatoms. The summed E-state index contributed by atoms with van der Waals surface area (Å²) >= 11 is 0. The number of piperidine rings is 1. The van der Waals surface area contributed by atoms with Crippen molar-refractivity contribution >= 4 is 11.7 Å². The minimum Gasteiger partial charge on any atom is -0.340 e. The molecule has 148 valence electrons. The van der Waals surface area contributed by atoms with E-state index in [1.807, 2.05) is 30.3 Å². The average Bonchev–Trinajstić information content (AvgIpc) is 2.72. The van der Waals surface area contributed by atoms with E-state index in [0.717, 1.165) is 58.5 Å². The molecule has 0 N–H and O–H groups in total. The molecule has 1 aromatic carbocycles. The highest BCUT2D eigenvalue weighted by atomic mass is 16.2. The van der Waals surface area contributed by atoms with Crippen LogP contribution in [-0.4, -0.2) is 78.7 Å². The van der Waals surface area contributed by atoms with Gasteiger partial charge in [-0.1, -0.05) is 30.3 Å². The minimum absolute atomic E-state index is 0.0648. The molecule has 0 aromatic heterocycles. The van der Waals surface area contributed by atoms with Gasteiger partial charge in [0.1, 0.15) is 0 Å². The molecular formula is C22H33N3O2. The zero-order valence-corrected chi connectivity index (χ0v) is 16.6. The van der Waals surface area contributed by atoms with Crippen molar-refractivity contribution in [2.24, 2.45) is 0 Å². The number of piperazine rings is 1. The summed E-state index contributed by atoms with van der Waals surface area (Å²) in [7, 11) is 2.18. The Morgan fingerprint density at radius 2 is 1.70 bits per heavy atom. The van der Waals surface area contributed by atoms with Gasteiger partial charge in [0.05, 0.1) is 0 Å². The zero-order valence-electron chi connectivity index (χ0n) is 16.6. The second-order valence-corrected chi connectivity index (χ2v) is 7.96. The molecule has 3 rings (SSSR count). The third-order valence-electron chi connectivity index (χ3n) is 5.98. The smallest absolute Gasteiger partial charge is 0.223 e. The Bertz CT molecular complexity index is 611. The number of likely N-dealkylation sites (tertiary alicyclic amines) is 1. The van der Waals surface area contributed by atoms with Crippen molar-refractivity contribution in [3.8, 4) is 0 Å². The number of ketones is 1. The number of likely N-dealkylation sites (N-methyl/N-ethyl adjacent to an activating group) is 1. The van der Waals surface area contributed by atoms with E-state index in [1.165, 1.54) is 6.42 Å². The molecule has 0 bridgehead atoms. The molecule has 2 saturated heterocycles. The number of carbonyl (C=O) groups is 2. The van der Waals surface area contributed by atoms with E-state index in [2.05, 4.69) is 21.7 Å². The first-order chi connectivity index (χ1) is 13.1. The summed E-state index contributed by atoms with van der Waals surface area (Å²) in [5, 5.41) is 0. The zero-order chi connectivity index (χ0) is 19.1. The van der Waals surface area contributed by atoms with Gasteiger partial charge in [-0.2, -0.15) is 0 Å². The third-order valence-corrected chi connectivity index (χ3v) is 5.98. The second-order valence-electron chi connectivity index (χ2n) is 7.96. The van der Waals surface area contributed by atoms with E-state index in [0.29, 0.717) is 24.4 Å². The molecule has 27 heavy (non-hydrogen) atoms. The van der Waals surface area contributed by atoms with Crippen LogP contribution in [0.15, 0.2) is 30.3 Å². The lowest BCUT2D eigenvalue weighted by Gasteiger charge is -2.38. The molecule has 1 atom stereocenters. The van der Waals surface area contributed by atoms with Gasteiger partial charge in [-0.05, 0) is 32.7 Å². The third kappa shape index (κ3) is 5.88. The molecule has 2 fully saturated rings. The summed E-state index contributed by atoms with van der Waals surface area (Å²) in [4.78, 5) is 32.0. The van der Waals surface area contributed by atoms with Crippen LogP contribution in [-0.2, 0) is 4.79 Å². The highest BCUT2D eigenvalue weighted by molar-refractivity contribution is 5.97. The number of amides is 1. The van der Waals surface area contributed by atoms with Crippen LogP contribution < -0.4 is 0 Å². The lowest BCUT2D eigenvalue weighted by molar-refractivity contribution is -0.135. The van der Waals surface area contributed by atoms with Crippen LogP contribution in [0.5, 0.6) is 0 Å². The predicted octanol–water partition coefficient (Wildman–Crippen LogP) is 2.67. The Morgan fingerprint density at radius 3 is 2.44 bits per heavy atom. The Morgan fingerprint density at radius 1 is 0.963 bits per heavy atom. The standard InChI is InChI=1S/C22H33N3O2/c1-23-15-17-24(18-16-23)14-12-20-9-5-6-13-25(20)22(27)11-10-21(26)19-7-3-2-4-8-19/h2-4,7-8,20H,5-6,9-18H2,1H3/t20-/m1/s1. The van der Waals surface area contributed by atoms with Crippen LogP contribution in [0.3, 0.4) is 0 Å². The maximum absolute atomic E-state index is 12.8. The SMILES string of the molecule is CN1CCN(CC[C@H]2CCCCN2C(=O)CCC(=O)c2ccccc2)CC1. The fourth-order valence-electron chi connectivity index (χ4n) is 4.16. The van der Waals surface area contributed by atoms with Gasteiger partial charge < -0.3 is 14.7 Å². The quantitative estimate of drug-likeness (QED) is 0.691. The Balaban J connectivity index is 1.47. The highest BCUT2D eigenvalue weighted by Crippen LogP contribution is 2.22. The van der Waals surface area contributed by atoms with Crippen LogP contribution in [0.2, 0.25) is 0 Å². The van der Waals surface area contributed by atoms with Crippen molar-refractivity contribution in [2.75, 3.05) is 46.3 Å². The fourth-order valence-corrected chi connectivity index (χ4v) is 4.16. The van der Waals surface area contributed by atoms with E-state index in [-0.39, 0.29) is 11.7 Å². The maximum atomic E-state index is 12.8. The average molecular weight is 372 g/mol. The molecule has 0 radical (unpaired) electrons. The molecule has 1 aromatic rings. The largest absolute Gasteiger partial charge is 0.340 e. The molecule has 0 unspecified atom stereocenters. The number of carbonyl (C=O) groups excluding carboxylic acids is 2. The predicted molar refractivity (Wildman–Crippen MR) is 108 cm³/mol. The van der Waals surface area contributed by atoms with Gasteiger partial charge in [0.25, 0.3) is 0 Å². The Kier molecular flexibility index (Phi) is 7.41. The number of rotatable bonds is 7. The minimum atomic E-state index is 0.0648. The van der Waals surface area contributed by atoms with Crippen LogP contribution in [0.1, 0.15) is 48.9 Å². The molecule has 0 spiro atoms.